The van der Waals surface area contributed by atoms with Crippen LogP contribution in [0.2, 0.25) is 0 Å². The van der Waals surface area contributed by atoms with Crippen LogP contribution in [0.4, 0.5) is 0 Å². The lowest BCUT2D eigenvalue weighted by Gasteiger charge is -2.12. The van der Waals surface area contributed by atoms with Crippen molar-refractivity contribution in [3.05, 3.63) is 146 Å². The number of furan rings is 1. The molecular weight excluding hydrogens is 552 g/mol. The van der Waals surface area contributed by atoms with Crippen LogP contribution in [0.25, 0.3) is 88.9 Å². The fraction of sp³-hybridized carbons (Fsp3) is 0. The zero-order valence-corrected chi connectivity index (χ0v) is 24.1. The molecule has 0 saturated heterocycles. The Kier molecular flexibility index (Phi) is 5.74. The summed E-state index contributed by atoms with van der Waals surface area (Å²) in [4.78, 5) is 19.8. The summed E-state index contributed by atoms with van der Waals surface area (Å²) in [6.07, 6.45) is 1.80. The highest BCUT2D eigenvalue weighted by molar-refractivity contribution is 6.14. The fourth-order valence-corrected chi connectivity index (χ4v) is 6.22. The number of benzene rings is 6. The minimum absolute atomic E-state index is 0.591. The average Bonchev–Trinajstić information content (AvgIpc) is 3.48. The zero-order chi connectivity index (χ0) is 29.7. The molecule has 9 rings (SSSR count). The number of pyridine rings is 1. The molecule has 0 N–H and O–H groups in total. The number of fused-ring (bicyclic) bond motifs is 5. The van der Waals surface area contributed by atoms with E-state index in [1.54, 1.807) is 6.20 Å². The number of rotatable bonds is 4. The molecule has 0 aliphatic rings. The number of hydrogen-bond acceptors (Lipinski definition) is 5. The van der Waals surface area contributed by atoms with Gasteiger partial charge in [-0.3, -0.25) is 4.98 Å². The van der Waals surface area contributed by atoms with E-state index in [0.717, 1.165) is 66.0 Å². The zero-order valence-electron chi connectivity index (χ0n) is 24.1. The van der Waals surface area contributed by atoms with Gasteiger partial charge in [0, 0.05) is 45.1 Å². The molecule has 5 heteroatoms. The van der Waals surface area contributed by atoms with E-state index in [9.17, 15) is 0 Å². The second-order valence-corrected chi connectivity index (χ2v) is 11.1. The minimum Gasteiger partial charge on any atom is -0.456 e. The van der Waals surface area contributed by atoms with Crippen LogP contribution in [-0.4, -0.2) is 19.9 Å². The van der Waals surface area contributed by atoms with Gasteiger partial charge in [-0.05, 0) is 52.2 Å². The number of nitrogens with zero attached hydrogens (tertiary/aromatic N) is 4. The first kappa shape index (κ1) is 25.3. The smallest absolute Gasteiger partial charge is 0.164 e. The lowest BCUT2D eigenvalue weighted by Crippen LogP contribution is -2.00. The largest absolute Gasteiger partial charge is 0.456 e. The molecule has 0 saturated carbocycles. The van der Waals surface area contributed by atoms with Gasteiger partial charge in [0.05, 0.1) is 5.52 Å². The topological polar surface area (TPSA) is 64.7 Å². The Morgan fingerprint density at radius 1 is 0.422 bits per heavy atom. The van der Waals surface area contributed by atoms with Crippen LogP contribution in [0.1, 0.15) is 0 Å². The molecule has 0 amide bonds. The first-order chi connectivity index (χ1) is 22.3. The maximum atomic E-state index is 6.35. The summed E-state index contributed by atoms with van der Waals surface area (Å²) in [6, 6.07) is 47.6. The van der Waals surface area contributed by atoms with E-state index in [4.69, 9.17) is 19.4 Å². The Hall–Kier alpha value is -6.20. The molecule has 0 radical (unpaired) electrons. The Morgan fingerprint density at radius 3 is 1.98 bits per heavy atom. The standard InChI is InChI=1S/C40H24N4O/c1-3-11-25(12-4-1)32-23-29(21-27-15-7-8-17-30(27)32)39-42-38(26-13-5-2-6-14-26)43-40(44-39)31-18-9-19-35-37(31)33-22-28-16-10-20-41-34(28)24-36(33)45-35/h1-24H. The molecule has 0 fully saturated rings. The summed E-state index contributed by atoms with van der Waals surface area (Å²) in [7, 11) is 0. The van der Waals surface area contributed by atoms with Crippen molar-refractivity contribution in [2.24, 2.45) is 0 Å². The van der Waals surface area contributed by atoms with Gasteiger partial charge in [-0.15, -0.1) is 0 Å². The van der Waals surface area contributed by atoms with Crippen LogP contribution in [0.15, 0.2) is 150 Å². The summed E-state index contributed by atoms with van der Waals surface area (Å²) in [6.45, 7) is 0. The van der Waals surface area contributed by atoms with Crippen molar-refractivity contribution >= 4 is 43.6 Å². The predicted molar refractivity (Wildman–Crippen MR) is 182 cm³/mol. The lowest BCUT2D eigenvalue weighted by atomic mass is 9.95. The molecule has 3 aromatic heterocycles. The van der Waals surface area contributed by atoms with Gasteiger partial charge in [0.2, 0.25) is 0 Å². The van der Waals surface area contributed by atoms with E-state index < -0.39 is 0 Å². The predicted octanol–water partition coefficient (Wildman–Crippen LogP) is 10.1. The van der Waals surface area contributed by atoms with Gasteiger partial charge in [0.15, 0.2) is 17.5 Å². The molecule has 0 atom stereocenters. The van der Waals surface area contributed by atoms with E-state index in [0.29, 0.717) is 17.5 Å². The van der Waals surface area contributed by atoms with Crippen LogP contribution in [0, 0.1) is 0 Å². The van der Waals surface area contributed by atoms with Crippen LogP contribution in [0.5, 0.6) is 0 Å². The Labute approximate surface area is 258 Å². The quantitative estimate of drug-likeness (QED) is 0.209. The number of aromatic nitrogens is 4. The van der Waals surface area contributed by atoms with Gasteiger partial charge in [-0.25, -0.2) is 15.0 Å². The normalized spacial score (nSPS) is 11.6. The third-order valence-electron chi connectivity index (χ3n) is 8.33. The molecule has 0 aliphatic heterocycles. The van der Waals surface area contributed by atoms with Crippen molar-refractivity contribution in [2.75, 3.05) is 0 Å². The second kappa shape index (κ2) is 10.2. The highest BCUT2D eigenvalue weighted by Crippen LogP contribution is 2.39. The van der Waals surface area contributed by atoms with E-state index >= 15 is 0 Å². The lowest BCUT2D eigenvalue weighted by molar-refractivity contribution is 0.669. The van der Waals surface area contributed by atoms with E-state index in [1.807, 2.05) is 60.7 Å². The molecule has 210 valence electrons. The molecule has 3 heterocycles. The molecule has 9 aromatic rings. The molecule has 0 spiro atoms. The van der Waals surface area contributed by atoms with Gasteiger partial charge >= 0.3 is 0 Å². The summed E-state index contributed by atoms with van der Waals surface area (Å²) >= 11 is 0. The summed E-state index contributed by atoms with van der Waals surface area (Å²) in [5.74, 6) is 1.82. The molecule has 45 heavy (non-hydrogen) atoms. The van der Waals surface area contributed by atoms with Crippen LogP contribution >= 0.6 is 0 Å². The summed E-state index contributed by atoms with van der Waals surface area (Å²) in [5, 5.41) is 5.33. The molecular formula is C40H24N4O. The maximum absolute atomic E-state index is 6.35. The highest BCUT2D eigenvalue weighted by Gasteiger charge is 2.19. The third kappa shape index (κ3) is 4.33. The van der Waals surface area contributed by atoms with Crippen molar-refractivity contribution < 1.29 is 4.42 Å². The molecule has 0 bridgehead atoms. The Balaban J connectivity index is 1.32. The van der Waals surface area contributed by atoms with Crippen LogP contribution < -0.4 is 0 Å². The Bertz CT molecular complexity index is 2540. The van der Waals surface area contributed by atoms with Crippen molar-refractivity contribution in [1.82, 2.24) is 19.9 Å². The van der Waals surface area contributed by atoms with Crippen molar-refractivity contribution in [2.45, 2.75) is 0 Å². The SMILES string of the molecule is c1ccc(-c2nc(-c3cc(-c4ccccc4)c4ccccc4c3)nc(-c3cccc4oc5cc6ncccc6cc5c34)n2)cc1. The summed E-state index contributed by atoms with van der Waals surface area (Å²) < 4.78 is 6.35. The molecule has 6 aromatic carbocycles. The fourth-order valence-electron chi connectivity index (χ4n) is 6.22. The molecule has 0 aliphatic carbocycles. The number of hydrogen-bond donors (Lipinski definition) is 0. The molecule has 5 nitrogen and oxygen atoms in total. The molecule has 0 unspecified atom stereocenters. The third-order valence-corrected chi connectivity index (χ3v) is 8.33. The Morgan fingerprint density at radius 2 is 1.13 bits per heavy atom. The average molecular weight is 577 g/mol. The van der Waals surface area contributed by atoms with E-state index in [1.165, 1.54) is 5.39 Å². The van der Waals surface area contributed by atoms with E-state index in [2.05, 4.69) is 83.8 Å². The minimum atomic E-state index is 0.591. The highest BCUT2D eigenvalue weighted by atomic mass is 16.3. The van der Waals surface area contributed by atoms with Gasteiger partial charge in [0.25, 0.3) is 0 Å². The van der Waals surface area contributed by atoms with Gasteiger partial charge < -0.3 is 4.42 Å². The van der Waals surface area contributed by atoms with E-state index in [-0.39, 0.29) is 0 Å². The first-order valence-corrected chi connectivity index (χ1v) is 14.9. The van der Waals surface area contributed by atoms with Crippen LogP contribution in [0.3, 0.4) is 0 Å². The maximum Gasteiger partial charge on any atom is 0.164 e. The van der Waals surface area contributed by atoms with Gasteiger partial charge in [-0.1, -0.05) is 103 Å². The van der Waals surface area contributed by atoms with Crippen molar-refractivity contribution in [3.8, 4) is 45.3 Å². The first-order valence-electron chi connectivity index (χ1n) is 14.9. The van der Waals surface area contributed by atoms with Gasteiger partial charge in [0.1, 0.15) is 11.2 Å². The van der Waals surface area contributed by atoms with Crippen molar-refractivity contribution in [1.29, 1.82) is 0 Å². The summed E-state index contributed by atoms with van der Waals surface area (Å²) in [5.41, 5.74) is 7.47. The monoisotopic (exact) mass is 576 g/mol. The van der Waals surface area contributed by atoms with Crippen molar-refractivity contribution in [3.63, 3.8) is 0 Å². The van der Waals surface area contributed by atoms with Crippen LogP contribution in [-0.2, 0) is 0 Å². The second-order valence-electron chi connectivity index (χ2n) is 11.1. The van der Waals surface area contributed by atoms with Gasteiger partial charge in [-0.2, -0.15) is 0 Å².